The minimum atomic E-state index is -0.623. The van der Waals surface area contributed by atoms with Crippen molar-refractivity contribution in [2.24, 2.45) is 0 Å². The Morgan fingerprint density at radius 2 is 1.41 bits per heavy atom. The Morgan fingerprint density at radius 3 is 1.71 bits per heavy atom. The van der Waals surface area contributed by atoms with E-state index in [-0.39, 0.29) is 18.3 Å². The van der Waals surface area contributed by atoms with Crippen LogP contribution in [-0.4, -0.2) is 29.4 Å². The molecular weight excluding hydrogens is 232 g/mol. The minimum Gasteiger partial charge on any atom is -0.358 e. The highest BCUT2D eigenvalue weighted by Gasteiger charge is 2.14. The van der Waals surface area contributed by atoms with Gasteiger partial charge in [-0.15, -0.1) is 0 Å². The third-order valence-electron chi connectivity index (χ3n) is 1.92. The molecule has 0 radical (unpaired) electrons. The monoisotopic (exact) mass is 238 g/mol. The first-order chi connectivity index (χ1) is 8.06. The van der Waals surface area contributed by atoms with Crippen LogP contribution in [0.1, 0.15) is 0 Å². The molecule has 0 aliphatic carbocycles. The zero-order valence-corrected chi connectivity index (χ0v) is 8.33. The van der Waals surface area contributed by atoms with Crippen LogP contribution in [0.2, 0.25) is 0 Å². The van der Waals surface area contributed by atoms with Gasteiger partial charge in [-0.3, -0.25) is 0 Å². The zero-order chi connectivity index (χ0) is 12.4. The number of nitrogens with zero attached hydrogens (tertiary/aromatic N) is 6. The highest BCUT2D eigenvalue weighted by Crippen LogP contribution is 2.07. The van der Waals surface area contributed by atoms with Crippen molar-refractivity contribution in [3.05, 3.63) is 44.8 Å². The lowest BCUT2D eigenvalue weighted by Crippen LogP contribution is -2.09. The summed E-state index contributed by atoms with van der Waals surface area (Å²) < 4.78 is 2.52. The summed E-state index contributed by atoms with van der Waals surface area (Å²) in [5.74, 6) is -0.571. The van der Waals surface area contributed by atoms with Crippen molar-refractivity contribution in [2.75, 3.05) is 0 Å². The van der Waals surface area contributed by atoms with Gasteiger partial charge in [0, 0.05) is 0 Å². The predicted octanol–water partition coefficient (Wildman–Crippen LogP) is 0.402. The van der Waals surface area contributed by atoms with E-state index in [1.54, 1.807) is 0 Å². The highest BCUT2D eigenvalue weighted by molar-refractivity contribution is 5.15. The molecule has 2 aromatic heterocycles. The van der Waals surface area contributed by atoms with Crippen LogP contribution in [0, 0.1) is 20.2 Å². The molecule has 0 bridgehead atoms. The van der Waals surface area contributed by atoms with Gasteiger partial charge in [0.25, 0.3) is 0 Å². The van der Waals surface area contributed by atoms with E-state index in [2.05, 4.69) is 10.2 Å². The number of hydrogen-bond acceptors (Lipinski definition) is 6. The van der Waals surface area contributed by atoms with E-state index in [9.17, 15) is 20.2 Å². The fraction of sp³-hybridized carbons (Fsp3) is 0.143. The fourth-order valence-corrected chi connectivity index (χ4v) is 1.20. The van der Waals surface area contributed by atoms with Crippen molar-refractivity contribution >= 4 is 11.6 Å². The molecule has 0 unspecified atom stereocenters. The molecule has 0 aliphatic rings. The molecule has 2 aromatic rings. The van der Waals surface area contributed by atoms with Crippen molar-refractivity contribution < 1.29 is 9.85 Å². The molecule has 0 amide bonds. The van der Waals surface area contributed by atoms with Crippen molar-refractivity contribution in [1.82, 2.24) is 19.6 Å². The van der Waals surface area contributed by atoms with E-state index in [1.165, 1.54) is 33.9 Å². The number of nitro groups is 2. The smallest absolute Gasteiger partial charge is 0.358 e. The zero-order valence-electron chi connectivity index (χ0n) is 8.33. The quantitative estimate of drug-likeness (QED) is 0.561. The standard InChI is InChI=1S/C7H6N6O4/c14-12(15)6-1-3-10(8-6)5-11-4-2-7(9-11)13(16)17/h1-4H,5H2. The topological polar surface area (TPSA) is 122 Å². The molecule has 0 fully saturated rings. The Balaban J connectivity index is 2.13. The van der Waals surface area contributed by atoms with Crippen LogP contribution in [0.5, 0.6) is 0 Å². The molecule has 0 aliphatic heterocycles. The molecule has 0 saturated carbocycles. The second-order valence-corrected chi connectivity index (χ2v) is 3.08. The van der Waals surface area contributed by atoms with Gasteiger partial charge in [-0.05, 0) is 9.85 Å². The van der Waals surface area contributed by atoms with E-state index in [1.807, 2.05) is 0 Å². The maximum atomic E-state index is 10.4. The molecular formula is C7H6N6O4. The van der Waals surface area contributed by atoms with E-state index in [0.717, 1.165) is 0 Å². The molecule has 10 nitrogen and oxygen atoms in total. The van der Waals surface area contributed by atoms with Crippen molar-refractivity contribution in [3.8, 4) is 0 Å². The Kier molecular flexibility index (Phi) is 2.52. The molecule has 10 heteroatoms. The third-order valence-corrected chi connectivity index (χ3v) is 1.92. The van der Waals surface area contributed by atoms with Crippen molar-refractivity contribution in [3.63, 3.8) is 0 Å². The van der Waals surface area contributed by atoms with Gasteiger partial charge in [0.15, 0.2) is 6.67 Å². The summed E-state index contributed by atoms with van der Waals surface area (Å²) in [6.45, 7) is 0.0711. The largest absolute Gasteiger partial charge is 0.390 e. The lowest BCUT2D eigenvalue weighted by Gasteiger charge is -1.92. The Hall–Kier alpha value is -2.78. The lowest BCUT2D eigenvalue weighted by atomic mass is 10.7. The first-order valence-electron chi connectivity index (χ1n) is 4.42. The van der Waals surface area contributed by atoms with Gasteiger partial charge in [0.05, 0.1) is 34.7 Å². The van der Waals surface area contributed by atoms with Gasteiger partial charge in [0.1, 0.15) is 0 Å². The van der Waals surface area contributed by atoms with E-state index in [4.69, 9.17) is 0 Å². The van der Waals surface area contributed by atoms with Crippen LogP contribution < -0.4 is 0 Å². The van der Waals surface area contributed by atoms with Crippen LogP contribution >= 0.6 is 0 Å². The van der Waals surface area contributed by atoms with Gasteiger partial charge in [-0.2, -0.15) is 9.36 Å². The van der Waals surface area contributed by atoms with Gasteiger partial charge >= 0.3 is 11.6 Å². The summed E-state index contributed by atoms with van der Waals surface area (Å²) in [6.07, 6.45) is 2.79. The Labute approximate surface area is 93.4 Å². The molecule has 0 atom stereocenters. The van der Waals surface area contributed by atoms with Gasteiger partial charge < -0.3 is 20.2 Å². The number of rotatable bonds is 4. The Bertz CT molecular complexity index is 522. The first-order valence-corrected chi connectivity index (χ1v) is 4.42. The van der Waals surface area contributed by atoms with Crippen LogP contribution in [0.3, 0.4) is 0 Å². The number of aromatic nitrogens is 4. The summed E-state index contributed by atoms with van der Waals surface area (Å²) in [4.78, 5) is 19.5. The summed E-state index contributed by atoms with van der Waals surface area (Å²) in [5, 5.41) is 28.0. The average Bonchev–Trinajstić information content (AvgIpc) is 2.87. The van der Waals surface area contributed by atoms with Gasteiger partial charge in [0.2, 0.25) is 0 Å². The van der Waals surface area contributed by atoms with Crippen molar-refractivity contribution in [2.45, 2.75) is 6.67 Å². The SMILES string of the molecule is O=[N+]([O-])c1ccn(Cn2ccc([N+](=O)[O-])n2)n1. The average molecular weight is 238 g/mol. The molecule has 0 aromatic carbocycles. The maximum absolute atomic E-state index is 10.4. The number of hydrogen-bond donors (Lipinski definition) is 0. The maximum Gasteiger partial charge on any atom is 0.390 e. The molecule has 17 heavy (non-hydrogen) atoms. The molecule has 2 rings (SSSR count). The fourth-order valence-electron chi connectivity index (χ4n) is 1.20. The van der Waals surface area contributed by atoms with Crippen LogP contribution in [0.4, 0.5) is 11.6 Å². The molecule has 0 saturated heterocycles. The molecule has 2 heterocycles. The van der Waals surface area contributed by atoms with Gasteiger partial charge in [-0.1, -0.05) is 0 Å². The van der Waals surface area contributed by atoms with Crippen molar-refractivity contribution in [1.29, 1.82) is 0 Å². The summed E-state index contributed by atoms with van der Waals surface area (Å²) in [7, 11) is 0. The first kappa shape index (κ1) is 10.7. The molecule has 88 valence electrons. The highest BCUT2D eigenvalue weighted by atomic mass is 16.6. The second kappa shape index (κ2) is 4.00. The normalized spacial score (nSPS) is 10.4. The summed E-state index contributed by atoms with van der Waals surface area (Å²) >= 11 is 0. The summed E-state index contributed by atoms with van der Waals surface area (Å²) in [6, 6.07) is 2.47. The third kappa shape index (κ3) is 2.25. The minimum absolute atomic E-state index is 0.0711. The van der Waals surface area contributed by atoms with Crippen LogP contribution in [0.25, 0.3) is 0 Å². The summed E-state index contributed by atoms with van der Waals surface area (Å²) in [5.41, 5.74) is 0. The lowest BCUT2D eigenvalue weighted by molar-refractivity contribution is -0.390. The van der Waals surface area contributed by atoms with Crippen LogP contribution in [0.15, 0.2) is 24.5 Å². The molecule has 0 N–H and O–H groups in total. The van der Waals surface area contributed by atoms with E-state index in [0.29, 0.717) is 0 Å². The van der Waals surface area contributed by atoms with E-state index >= 15 is 0 Å². The molecule has 0 spiro atoms. The second-order valence-electron chi connectivity index (χ2n) is 3.08. The van der Waals surface area contributed by atoms with E-state index < -0.39 is 9.85 Å². The predicted molar refractivity (Wildman–Crippen MR) is 53.2 cm³/mol. The van der Waals surface area contributed by atoms with Gasteiger partial charge in [-0.25, -0.2) is 0 Å². The van der Waals surface area contributed by atoms with Crippen LogP contribution in [-0.2, 0) is 6.67 Å². The Morgan fingerprint density at radius 1 is 1.00 bits per heavy atom.